The predicted molar refractivity (Wildman–Crippen MR) is 83.1 cm³/mol. The molecule has 0 aliphatic rings. The van der Waals surface area contributed by atoms with Gasteiger partial charge in [-0.3, -0.25) is 14.7 Å². The molecule has 112 valence electrons. The lowest BCUT2D eigenvalue weighted by Crippen LogP contribution is -2.36. The number of rotatable bonds is 7. The molecule has 0 bridgehead atoms. The van der Waals surface area contributed by atoms with Crippen molar-refractivity contribution < 1.29 is 9.90 Å². The Morgan fingerprint density at radius 1 is 1.48 bits per heavy atom. The minimum atomic E-state index is -0.810. The lowest BCUT2D eigenvalue weighted by molar-refractivity contribution is -0.139. The van der Waals surface area contributed by atoms with E-state index in [1.54, 1.807) is 6.20 Å². The van der Waals surface area contributed by atoms with E-state index < -0.39 is 5.97 Å². The van der Waals surface area contributed by atoms with Crippen LogP contribution in [0.3, 0.4) is 0 Å². The maximum atomic E-state index is 11.0. The molecule has 0 saturated carbocycles. The van der Waals surface area contributed by atoms with Crippen LogP contribution in [0, 0.1) is 0 Å². The largest absolute Gasteiger partial charge is 0.480 e. The van der Waals surface area contributed by atoms with E-state index in [-0.39, 0.29) is 12.6 Å². The summed E-state index contributed by atoms with van der Waals surface area (Å²) in [6.45, 7) is 4.67. The zero-order valence-electron chi connectivity index (χ0n) is 12.2. The van der Waals surface area contributed by atoms with Gasteiger partial charge in [0.25, 0.3) is 0 Å². The highest BCUT2D eigenvalue weighted by atomic mass is 32.1. The van der Waals surface area contributed by atoms with E-state index in [9.17, 15) is 4.79 Å². The van der Waals surface area contributed by atoms with Crippen molar-refractivity contribution in [2.24, 2.45) is 0 Å². The van der Waals surface area contributed by atoms with Crippen molar-refractivity contribution in [3.63, 3.8) is 0 Å². The summed E-state index contributed by atoms with van der Waals surface area (Å²) in [6.07, 6.45) is 2.65. The molecule has 0 aromatic carbocycles. The van der Waals surface area contributed by atoms with Gasteiger partial charge in [-0.25, -0.2) is 4.98 Å². The number of hydrogen-bond acceptors (Lipinski definition) is 5. The smallest absolute Gasteiger partial charge is 0.317 e. The molecule has 0 spiro atoms. The minimum absolute atomic E-state index is 0.0332. The summed E-state index contributed by atoms with van der Waals surface area (Å²) in [4.78, 5) is 21.8. The molecule has 5 nitrogen and oxygen atoms in total. The van der Waals surface area contributed by atoms with Crippen molar-refractivity contribution >= 4 is 17.3 Å². The van der Waals surface area contributed by atoms with Crippen LogP contribution >= 0.6 is 11.3 Å². The van der Waals surface area contributed by atoms with Crippen LogP contribution in [0.1, 0.15) is 26.0 Å². The van der Waals surface area contributed by atoms with Crippen LogP contribution in [0.4, 0.5) is 0 Å². The van der Waals surface area contributed by atoms with Crippen LogP contribution < -0.4 is 0 Å². The normalized spacial score (nSPS) is 12.5. The van der Waals surface area contributed by atoms with Crippen molar-refractivity contribution in [2.45, 2.75) is 32.9 Å². The molecular formula is C15H19N3O2S. The summed E-state index contributed by atoms with van der Waals surface area (Å²) >= 11 is 1.54. The topological polar surface area (TPSA) is 66.3 Å². The molecule has 2 rings (SSSR count). The number of carboxylic acid groups (broad SMARTS) is 1. The predicted octanol–water partition coefficient (Wildman–Crippen LogP) is 2.89. The number of nitrogens with zero attached hydrogens (tertiary/aromatic N) is 3. The first kappa shape index (κ1) is 15.6. The van der Waals surface area contributed by atoms with Gasteiger partial charge in [-0.05, 0) is 25.5 Å². The molecule has 0 fully saturated rings. The Bertz CT molecular complexity index is 586. The number of pyridine rings is 1. The van der Waals surface area contributed by atoms with E-state index in [1.165, 1.54) is 11.3 Å². The van der Waals surface area contributed by atoms with Gasteiger partial charge >= 0.3 is 5.97 Å². The molecule has 0 radical (unpaired) electrons. The average molecular weight is 305 g/mol. The lowest BCUT2D eigenvalue weighted by atomic mass is 10.2. The Hall–Kier alpha value is -1.79. The van der Waals surface area contributed by atoms with Gasteiger partial charge in [0.1, 0.15) is 5.01 Å². The van der Waals surface area contributed by atoms with E-state index in [0.717, 1.165) is 22.8 Å². The van der Waals surface area contributed by atoms with Crippen LogP contribution in [0.5, 0.6) is 0 Å². The average Bonchev–Trinajstić information content (AvgIpc) is 2.95. The number of hydrogen-bond donors (Lipinski definition) is 1. The quantitative estimate of drug-likeness (QED) is 0.852. The molecule has 1 atom stereocenters. The van der Waals surface area contributed by atoms with E-state index in [0.29, 0.717) is 6.54 Å². The summed E-state index contributed by atoms with van der Waals surface area (Å²) in [5.74, 6) is -0.810. The van der Waals surface area contributed by atoms with Gasteiger partial charge in [-0.2, -0.15) is 0 Å². The highest BCUT2D eigenvalue weighted by Crippen LogP contribution is 2.22. The van der Waals surface area contributed by atoms with Gasteiger partial charge in [-0.15, -0.1) is 11.3 Å². The summed E-state index contributed by atoms with van der Waals surface area (Å²) < 4.78 is 0. The molecule has 0 amide bonds. The number of carboxylic acids is 1. The Kier molecular flexibility index (Phi) is 5.41. The van der Waals surface area contributed by atoms with Crippen molar-refractivity contribution in [3.8, 4) is 10.7 Å². The van der Waals surface area contributed by atoms with Crippen molar-refractivity contribution in [1.29, 1.82) is 0 Å². The van der Waals surface area contributed by atoms with E-state index >= 15 is 0 Å². The van der Waals surface area contributed by atoms with E-state index in [1.807, 2.05) is 35.4 Å². The van der Waals surface area contributed by atoms with Crippen LogP contribution in [0.2, 0.25) is 0 Å². The van der Waals surface area contributed by atoms with Crippen LogP contribution in [-0.4, -0.2) is 38.5 Å². The second-order valence-corrected chi connectivity index (χ2v) is 5.77. The standard InChI is InChI=1S/C15H19N3O2S/c1-3-11(2)18(9-14(19)20)8-12-10-21-15(17-12)13-6-4-5-7-16-13/h4-7,10-11H,3,8-9H2,1-2H3,(H,19,20). The molecule has 1 N–H and O–H groups in total. The third kappa shape index (κ3) is 4.34. The molecular weight excluding hydrogens is 286 g/mol. The maximum absolute atomic E-state index is 11.0. The second-order valence-electron chi connectivity index (χ2n) is 4.91. The van der Waals surface area contributed by atoms with Gasteiger partial charge < -0.3 is 5.11 Å². The van der Waals surface area contributed by atoms with Crippen molar-refractivity contribution in [2.75, 3.05) is 6.54 Å². The zero-order chi connectivity index (χ0) is 15.2. The fourth-order valence-corrected chi connectivity index (χ4v) is 2.78. The van der Waals surface area contributed by atoms with Crippen molar-refractivity contribution in [1.82, 2.24) is 14.9 Å². The van der Waals surface area contributed by atoms with Crippen LogP contribution in [0.25, 0.3) is 10.7 Å². The molecule has 6 heteroatoms. The number of thiazole rings is 1. The number of aliphatic carboxylic acids is 1. The molecule has 0 aliphatic carbocycles. The van der Waals surface area contributed by atoms with Gasteiger partial charge in [0, 0.05) is 24.2 Å². The third-order valence-electron chi connectivity index (χ3n) is 3.35. The van der Waals surface area contributed by atoms with Gasteiger partial charge in [0.05, 0.1) is 17.9 Å². The fourth-order valence-electron chi connectivity index (χ4n) is 1.99. The lowest BCUT2D eigenvalue weighted by Gasteiger charge is -2.25. The van der Waals surface area contributed by atoms with E-state index in [4.69, 9.17) is 5.11 Å². The molecule has 1 unspecified atom stereocenters. The first-order valence-electron chi connectivity index (χ1n) is 6.91. The third-order valence-corrected chi connectivity index (χ3v) is 4.27. The molecule has 0 saturated heterocycles. The van der Waals surface area contributed by atoms with Gasteiger partial charge in [-0.1, -0.05) is 13.0 Å². The Morgan fingerprint density at radius 3 is 2.90 bits per heavy atom. The SMILES string of the molecule is CCC(C)N(CC(=O)O)Cc1csc(-c2ccccn2)n1. The minimum Gasteiger partial charge on any atom is -0.480 e. The highest BCUT2D eigenvalue weighted by molar-refractivity contribution is 7.13. The number of carbonyl (C=O) groups is 1. The molecule has 2 aromatic rings. The Balaban J connectivity index is 2.11. The summed E-state index contributed by atoms with van der Waals surface area (Å²) in [6, 6.07) is 5.93. The molecule has 21 heavy (non-hydrogen) atoms. The first-order valence-corrected chi connectivity index (χ1v) is 7.79. The Labute approximate surface area is 128 Å². The van der Waals surface area contributed by atoms with Gasteiger partial charge in [0.2, 0.25) is 0 Å². The Morgan fingerprint density at radius 2 is 2.29 bits per heavy atom. The van der Waals surface area contributed by atoms with Crippen LogP contribution in [-0.2, 0) is 11.3 Å². The first-order chi connectivity index (χ1) is 10.1. The second kappa shape index (κ2) is 7.28. The molecule has 0 aliphatic heterocycles. The van der Waals surface area contributed by atoms with Crippen LogP contribution in [0.15, 0.2) is 29.8 Å². The fraction of sp³-hybridized carbons (Fsp3) is 0.400. The summed E-state index contributed by atoms with van der Waals surface area (Å²) in [7, 11) is 0. The molecule has 2 heterocycles. The van der Waals surface area contributed by atoms with E-state index in [2.05, 4.69) is 16.9 Å². The number of aromatic nitrogens is 2. The highest BCUT2D eigenvalue weighted by Gasteiger charge is 2.17. The monoisotopic (exact) mass is 305 g/mol. The van der Waals surface area contributed by atoms with Gasteiger partial charge in [0.15, 0.2) is 0 Å². The van der Waals surface area contributed by atoms with Crippen molar-refractivity contribution in [3.05, 3.63) is 35.5 Å². The summed E-state index contributed by atoms with van der Waals surface area (Å²) in [5.41, 5.74) is 1.74. The maximum Gasteiger partial charge on any atom is 0.317 e. The molecule has 2 aromatic heterocycles. The zero-order valence-corrected chi connectivity index (χ0v) is 13.0. The summed E-state index contributed by atoms with van der Waals surface area (Å²) in [5, 5.41) is 11.9.